The van der Waals surface area contributed by atoms with Crippen LogP contribution in [0, 0.1) is 0 Å². The van der Waals surface area contributed by atoms with Gasteiger partial charge in [0, 0.05) is 36.0 Å². The first-order valence-corrected chi connectivity index (χ1v) is 8.02. The molecule has 0 atom stereocenters. The van der Waals surface area contributed by atoms with Gasteiger partial charge in [0.1, 0.15) is 0 Å². The smallest absolute Gasteiger partial charge is 0.168 e. The zero-order valence-corrected chi connectivity index (χ0v) is 11.8. The van der Waals surface area contributed by atoms with Gasteiger partial charge < -0.3 is 0 Å². The van der Waals surface area contributed by atoms with E-state index in [-0.39, 0.29) is 12.2 Å². The van der Waals surface area contributed by atoms with Gasteiger partial charge in [0.25, 0.3) is 0 Å². The van der Waals surface area contributed by atoms with Crippen LogP contribution in [0.15, 0.2) is 42.1 Å². The zero-order valence-electron chi connectivity index (χ0n) is 11.0. The summed E-state index contributed by atoms with van der Waals surface area (Å²) in [7, 11) is -3.14. The maximum Gasteiger partial charge on any atom is 0.168 e. The third-order valence-corrected chi connectivity index (χ3v) is 3.37. The van der Waals surface area contributed by atoms with E-state index in [0.29, 0.717) is 23.0 Å². The van der Waals surface area contributed by atoms with Crippen LogP contribution < -0.4 is 0 Å². The van der Waals surface area contributed by atoms with Crippen molar-refractivity contribution < 1.29 is 13.2 Å². The molecule has 2 aromatic rings. The van der Waals surface area contributed by atoms with Crippen molar-refractivity contribution in [3.8, 4) is 0 Å². The van der Waals surface area contributed by atoms with Crippen LogP contribution in [-0.4, -0.2) is 30.4 Å². The summed E-state index contributed by atoms with van der Waals surface area (Å²) in [5, 5.41) is 1.11. The van der Waals surface area contributed by atoms with Gasteiger partial charge in [-0.2, -0.15) is 0 Å². The maximum absolute atomic E-state index is 12.1. The second kappa shape index (κ2) is 5.92. The Morgan fingerprint density at radius 1 is 1.25 bits per heavy atom. The number of carbonyl (C=O) groups is 1. The summed E-state index contributed by atoms with van der Waals surface area (Å²) in [6.45, 7) is 0. The molecule has 2 rings (SSSR count). The van der Waals surface area contributed by atoms with Gasteiger partial charge in [-0.25, -0.2) is 8.42 Å². The van der Waals surface area contributed by atoms with Crippen molar-refractivity contribution >= 4 is 26.7 Å². The van der Waals surface area contributed by atoms with Crippen LogP contribution in [0.2, 0.25) is 0 Å². The van der Waals surface area contributed by atoms with E-state index in [0.717, 1.165) is 11.7 Å². The Labute approximate surface area is 117 Å². The molecule has 1 aromatic carbocycles. The van der Waals surface area contributed by atoms with Crippen molar-refractivity contribution in [1.29, 1.82) is 0 Å². The minimum Gasteiger partial charge on any atom is -0.294 e. The SMILES string of the molecule is CS(=O)(=O)/C=C/CCC(=O)c1cccc2nccnc12. The lowest BCUT2D eigenvalue weighted by Crippen LogP contribution is -2.01. The highest BCUT2D eigenvalue weighted by atomic mass is 32.2. The molecule has 0 fully saturated rings. The van der Waals surface area contributed by atoms with Crippen molar-refractivity contribution in [1.82, 2.24) is 9.97 Å². The third kappa shape index (κ3) is 3.71. The third-order valence-electron chi connectivity index (χ3n) is 2.68. The summed E-state index contributed by atoms with van der Waals surface area (Å²) in [5.41, 5.74) is 1.76. The molecule has 0 bridgehead atoms. The second-order valence-corrected chi connectivity index (χ2v) is 6.32. The van der Waals surface area contributed by atoms with Crippen molar-refractivity contribution in [3.05, 3.63) is 47.6 Å². The molecule has 1 heterocycles. The quantitative estimate of drug-likeness (QED) is 0.788. The van der Waals surface area contributed by atoms with Crippen molar-refractivity contribution in [2.45, 2.75) is 12.8 Å². The first kappa shape index (κ1) is 14.3. The lowest BCUT2D eigenvalue weighted by atomic mass is 10.0. The predicted molar refractivity (Wildman–Crippen MR) is 77.1 cm³/mol. The van der Waals surface area contributed by atoms with Crippen LogP contribution in [0.1, 0.15) is 23.2 Å². The minimum absolute atomic E-state index is 0.0748. The second-order valence-electron chi connectivity index (χ2n) is 4.39. The number of fused-ring (bicyclic) bond motifs is 1. The van der Waals surface area contributed by atoms with Gasteiger partial charge in [-0.15, -0.1) is 0 Å². The number of benzene rings is 1. The number of hydrogen-bond donors (Lipinski definition) is 0. The monoisotopic (exact) mass is 290 g/mol. The number of ketones is 1. The van der Waals surface area contributed by atoms with E-state index in [4.69, 9.17) is 0 Å². The number of carbonyl (C=O) groups excluding carboxylic acids is 1. The Kier molecular flexibility index (Phi) is 4.24. The molecular weight excluding hydrogens is 276 g/mol. The Balaban J connectivity index is 2.14. The van der Waals surface area contributed by atoms with E-state index in [9.17, 15) is 13.2 Å². The molecule has 5 nitrogen and oxygen atoms in total. The molecule has 6 heteroatoms. The van der Waals surface area contributed by atoms with Crippen LogP contribution >= 0.6 is 0 Å². The number of aromatic nitrogens is 2. The molecule has 0 spiro atoms. The fourth-order valence-corrected chi connectivity index (χ4v) is 2.30. The zero-order chi connectivity index (χ0) is 14.6. The number of allylic oxidation sites excluding steroid dienone is 1. The first-order chi connectivity index (χ1) is 9.47. The minimum atomic E-state index is -3.14. The Hall–Kier alpha value is -2.08. The average Bonchev–Trinajstić information content (AvgIpc) is 2.41. The molecule has 0 saturated heterocycles. The molecule has 0 amide bonds. The van der Waals surface area contributed by atoms with Crippen molar-refractivity contribution in [2.75, 3.05) is 6.26 Å². The summed E-state index contributed by atoms with van der Waals surface area (Å²) < 4.78 is 21.9. The molecule has 0 aliphatic heterocycles. The lowest BCUT2D eigenvalue weighted by Gasteiger charge is -2.03. The van der Waals surface area contributed by atoms with Gasteiger partial charge in [0.2, 0.25) is 0 Å². The highest BCUT2D eigenvalue weighted by Crippen LogP contribution is 2.16. The van der Waals surface area contributed by atoms with Gasteiger partial charge in [0.05, 0.1) is 11.0 Å². The van der Waals surface area contributed by atoms with Gasteiger partial charge in [-0.05, 0) is 18.6 Å². The standard InChI is InChI=1S/C14H14N2O3S/c1-20(18,19)10-3-2-7-13(17)11-5-4-6-12-14(11)16-9-8-15-12/h3-6,8-10H,2,7H2,1H3/b10-3+. The van der Waals surface area contributed by atoms with E-state index in [1.54, 1.807) is 30.6 Å². The van der Waals surface area contributed by atoms with Gasteiger partial charge in [-0.1, -0.05) is 12.1 Å². The fraction of sp³-hybridized carbons (Fsp3) is 0.214. The number of Topliss-reactive ketones (excluding diaryl/α,β-unsaturated/α-hetero) is 1. The van der Waals surface area contributed by atoms with E-state index < -0.39 is 9.84 Å². The summed E-state index contributed by atoms with van der Waals surface area (Å²) in [6.07, 6.45) is 6.34. The average molecular weight is 290 g/mol. The van der Waals surface area contributed by atoms with Gasteiger partial charge in [0.15, 0.2) is 15.6 Å². The normalized spacial score (nSPS) is 12.1. The van der Waals surface area contributed by atoms with Crippen LogP contribution in [0.4, 0.5) is 0 Å². The van der Waals surface area contributed by atoms with Crippen molar-refractivity contribution in [3.63, 3.8) is 0 Å². The highest BCUT2D eigenvalue weighted by Gasteiger charge is 2.10. The molecule has 1 aromatic heterocycles. The van der Waals surface area contributed by atoms with Gasteiger partial charge >= 0.3 is 0 Å². The lowest BCUT2D eigenvalue weighted by molar-refractivity contribution is 0.0985. The number of para-hydroxylation sites is 1. The highest BCUT2D eigenvalue weighted by molar-refractivity contribution is 7.93. The topological polar surface area (TPSA) is 77.0 Å². The largest absolute Gasteiger partial charge is 0.294 e. The summed E-state index contributed by atoms with van der Waals surface area (Å²) in [4.78, 5) is 20.4. The fourth-order valence-electron chi connectivity index (χ4n) is 1.81. The molecule has 0 N–H and O–H groups in total. The molecule has 0 aliphatic rings. The van der Waals surface area contributed by atoms with E-state index in [2.05, 4.69) is 9.97 Å². The number of hydrogen-bond acceptors (Lipinski definition) is 5. The van der Waals surface area contributed by atoms with Crippen LogP contribution in [0.5, 0.6) is 0 Å². The number of nitrogens with zero attached hydrogens (tertiary/aromatic N) is 2. The van der Waals surface area contributed by atoms with Crippen LogP contribution in [0.25, 0.3) is 11.0 Å². The maximum atomic E-state index is 12.1. The Bertz CT molecular complexity index is 762. The molecular formula is C14H14N2O3S. The van der Waals surface area contributed by atoms with Crippen LogP contribution in [0.3, 0.4) is 0 Å². The summed E-state index contributed by atoms with van der Waals surface area (Å²) >= 11 is 0. The van der Waals surface area contributed by atoms with E-state index >= 15 is 0 Å². The van der Waals surface area contributed by atoms with Gasteiger partial charge in [-0.3, -0.25) is 14.8 Å². The number of sulfone groups is 1. The predicted octanol–water partition coefficient (Wildman–Crippen LogP) is 2.15. The molecule has 0 radical (unpaired) electrons. The molecule has 20 heavy (non-hydrogen) atoms. The van der Waals surface area contributed by atoms with Crippen molar-refractivity contribution in [2.24, 2.45) is 0 Å². The Morgan fingerprint density at radius 2 is 2.00 bits per heavy atom. The molecule has 0 saturated carbocycles. The molecule has 0 aliphatic carbocycles. The van der Waals surface area contributed by atoms with E-state index in [1.807, 2.05) is 0 Å². The van der Waals surface area contributed by atoms with Crippen LogP contribution in [-0.2, 0) is 9.84 Å². The molecule has 0 unspecified atom stereocenters. The summed E-state index contributed by atoms with van der Waals surface area (Å²) in [5.74, 6) is -0.0748. The summed E-state index contributed by atoms with van der Waals surface area (Å²) in [6, 6.07) is 5.26. The molecule has 104 valence electrons. The first-order valence-electron chi connectivity index (χ1n) is 6.07. The Morgan fingerprint density at radius 3 is 2.75 bits per heavy atom. The van der Waals surface area contributed by atoms with E-state index in [1.165, 1.54) is 6.08 Å². The number of rotatable bonds is 5.